The van der Waals surface area contributed by atoms with Gasteiger partial charge in [-0.25, -0.2) is 0 Å². The molecule has 0 fully saturated rings. The summed E-state index contributed by atoms with van der Waals surface area (Å²) in [5.41, 5.74) is 12.3. The van der Waals surface area contributed by atoms with Crippen molar-refractivity contribution in [2.75, 3.05) is 0 Å². The number of amides is 1. The monoisotopic (exact) mass is 235 g/mol. The molecule has 4 N–H and O–H groups in total. The Balaban J connectivity index is 1.99. The minimum Gasteiger partial charge on any atom is -0.391 e. The Morgan fingerprint density at radius 1 is 1.56 bits per heavy atom. The number of hydrogen-bond donors (Lipinski definition) is 3. The lowest BCUT2D eigenvalue weighted by atomic mass is 10.1. The van der Waals surface area contributed by atoms with E-state index < -0.39 is 0 Å². The average Bonchev–Trinajstić information content (AvgIpc) is 2.64. The topological polar surface area (TPSA) is 70.4 Å². The van der Waals surface area contributed by atoms with Crippen molar-refractivity contribution in [3.8, 4) is 0 Å². The number of carbonyl (C=O) groups is 1. The lowest BCUT2D eigenvalue weighted by Crippen LogP contribution is -2.41. The summed E-state index contributed by atoms with van der Waals surface area (Å²) < 4.78 is 1.44. The van der Waals surface area contributed by atoms with Crippen LogP contribution in [0.1, 0.15) is 15.9 Å². The van der Waals surface area contributed by atoms with Gasteiger partial charge < -0.3 is 5.73 Å². The van der Waals surface area contributed by atoms with E-state index in [0.717, 1.165) is 5.56 Å². The molecule has 0 aromatic heterocycles. The zero-order valence-electron chi connectivity index (χ0n) is 8.43. The molecule has 0 unspecified atom stereocenters. The van der Waals surface area contributed by atoms with E-state index in [1.165, 1.54) is 16.5 Å². The first kappa shape index (κ1) is 10.8. The van der Waals surface area contributed by atoms with Crippen LogP contribution in [0.3, 0.4) is 0 Å². The maximum absolute atomic E-state index is 11.8. The Morgan fingerprint density at radius 2 is 2.38 bits per heavy atom. The van der Waals surface area contributed by atoms with E-state index in [9.17, 15) is 4.79 Å². The fraction of sp³-hybridized carbons (Fsp3) is 0. The van der Waals surface area contributed by atoms with Gasteiger partial charge in [0, 0.05) is 23.7 Å². The van der Waals surface area contributed by atoms with Crippen molar-refractivity contribution in [1.82, 2.24) is 15.4 Å². The first-order valence-corrected chi connectivity index (χ1v) is 5.35. The Morgan fingerprint density at radius 3 is 3.00 bits per heavy atom. The van der Waals surface area contributed by atoms with Crippen molar-refractivity contribution in [1.29, 1.82) is 0 Å². The molecule has 1 aliphatic heterocycles. The smallest absolute Gasteiger partial charge is 0.267 e. The molecule has 0 aliphatic carbocycles. The van der Waals surface area contributed by atoms with Crippen molar-refractivity contribution in [3.63, 3.8) is 0 Å². The highest BCUT2D eigenvalue weighted by molar-refractivity contribution is 8.00. The van der Waals surface area contributed by atoms with Gasteiger partial charge in [-0.2, -0.15) is 0 Å². The number of nitrogens with zero attached hydrogens (tertiary/aromatic N) is 1. The Bertz CT molecular complexity index is 446. The standard InChI is InChI=1S/C10H11N4OS/c1-7-3-2-4-8(5-7)10(15)13-14-12-6-9(11)16-14/h2-6,12H,1,11H2,(H,13,15). The van der Waals surface area contributed by atoms with Gasteiger partial charge in [0.05, 0.1) is 0 Å². The van der Waals surface area contributed by atoms with Crippen LogP contribution in [0.25, 0.3) is 0 Å². The lowest BCUT2D eigenvalue weighted by molar-refractivity contribution is 0.0871. The van der Waals surface area contributed by atoms with Crippen LogP contribution in [0.4, 0.5) is 0 Å². The molecule has 2 rings (SSSR count). The summed E-state index contributed by atoms with van der Waals surface area (Å²) in [6.07, 6.45) is 1.60. The van der Waals surface area contributed by atoms with Crippen LogP contribution in [0.15, 0.2) is 35.5 Å². The van der Waals surface area contributed by atoms with Gasteiger partial charge in [0.15, 0.2) is 0 Å². The van der Waals surface area contributed by atoms with Crippen LogP contribution >= 0.6 is 11.9 Å². The molecule has 0 bridgehead atoms. The summed E-state index contributed by atoms with van der Waals surface area (Å²) in [6, 6.07) is 7.06. The highest BCUT2D eigenvalue weighted by atomic mass is 32.2. The van der Waals surface area contributed by atoms with E-state index in [2.05, 4.69) is 17.8 Å². The molecule has 0 atom stereocenters. The Labute approximate surface area is 97.8 Å². The first-order chi connectivity index (χ1) is 7.65. The quantitative estimate of drug-likeness (QED) is 0.660. The van der Waals surface area contributed by atoms with Gasteiger partial charge in [0.2, 0.25) is 0 Å². The number of benzene rings is 1. The van der Waals surface area contributed by atoms with E-state index in [0.29, 0.717) is 10.6 Å². The maximum Gasteiger partial charge on any atom is 0.267 e. The average molecular weight is 235 g/mol. The van der Waals surface area contributed by atoms with Gasteiger partial charge >= 0.3 is 0 Å². The highest BCUT2D eigenvalue weighted by Gasteiger charge is 2.15. The largest absolute Gasteiger partial charge is 0.391 e. The normalized spacial score (nSPS) is 15.4. The van der Waals surface area contributed by atoms with Gasteiger partial charge in [-0.05, 0) is 24.6 Å². The summed E-state index contributed by atoms with van der Waals surface area (Å²) in [5, 5.41) is 0.589. The van der Waals surface area contributed by atoms with E-state index >= 15 is 0 Å². The molecule has 6 heteroatoms. The lowest BCUT2D eigenvalue weighted by Gasteiger charge is -2.15. The summed E-state index contributed by atoms with van der Waals surface area (Å²) in [4.78, 5) is 11.8. The molecule has 0 spiro atoms. The summed E-state index contributed by atoms with van der Waals surface area (Å²) >= 11 is 1.21. The summed E-state index contributed by atoms with van der Waals surface area (Å²) in [6.45, 7) is 3.76. The van der Waals surface area contributed by atoms with E-state index in [1.807, 2.05) is 6.07 Å². The van der Waals surface area contributed by atoms with E-state index in [1.54, 1.807) is 24.4 Å². The highest BCUT2D eigenvalue weighted by Crippen LogP contribution is 2.17. The third-order valence-electron chi connectivity index (χ3n) is 1.91. The molecular weight excluding hydrogens is 224 g/mol. The second-order valence-corrected chi connectivity index (χ2v) is 4.22. The fourth-order valence-electron chi connectivity index (χ4n) is 1.20. The molecule has 1 heterocycles. The van der Waals surface area contributed by atoms with Crippen molar-refractivity contribution in [2.24, 2.45) is 5.73 Å². The molecular formula is C10H11N4OS. The van der Waals surface area contributed by atoms with Gasteiger partial charge in [-0.15, -0.1) is 0 Å². The van der Waals surface area contributed by atoms with E-state index in [-0.39, 0.29) is 5.91 Å². The molecule has 1 amide bonds. The van der Waals surface area contributed by atoms with Gasteiger partial charge in [0.1, 0.15) is 5.03 Å². The molecule has 16 heavy (non-hydrogen) atoms. The van der Waals surface area contributed by atoms with Crippen LogP contribution in [-0.2, 0) is 0 Å². The van der Waals surface area contributed by atoms with Crippen LogP contribution in [0.2, 0.25) is 0 Å². The zero-order valence-corrected chi connectivity index (χ0v) is 9.25. The van der Waals surface area contributed by atoms with Gasteiger partial charge in [-0.1, -0.05) is 16.7 Å². The van der Waals surface area contributed by atoms with Crippen molar-refractivity contribution >= 4 is 17.9 Å². The molecule has 1 radical (unpaired) electrons. The molecule has 1 aromatic rings. The van der Waals surface area contributed by atoms with Crippen LogP contribution in [0, 0.1) is 6.92 Å². The Kier molecular flexibility index (Phi) is 3.02. The number of carbonyl (C=O) groups excluding carboxylic acids is 1. The molecule has 1 aromatic carbocycles. The minimum absolute atomic E-state index is 0.214. The van der Waals surface area contributed by atoms with E-state index in [4.69, 9.17) is 5.73 Å². The summed E-state index contributed by atoms with van der Waals surface area (Å²) in [5.74, 6) is -0.214. The Hall–Kier alpha value is -1.66. The third kappa shape index (κ3) is 2.47. The predicted molar refractivity (Wildman–Crippen MR) is 63.2 cm³/mol. The number of nitrogens with two attached hydrogens (primary N) is 1. The van der Waals surface area contributed by atoms with Crippen LogP contribution in [0.5, 0.6) is 0 Å². The number of nitrogens with one attached hydrogen (secondary N) is 2. The number of hydrogen-bond acceptors (Lipinski definition) is 5. The fourth-order valence-corrected chi connectivity index (χ4v) is 1.76. The van der Waals surface area contributed by atoms with Crippen molar-refractivity contribution in [2.45, 2.75) is 0 Å². The van der Waals surface area contributed by atoms with Crippen molar-refractivity contribution < 1.29 is 4.79 Å². The van der Waals surface area contributed by atoms with Crippen LogP contribution < -0.4 is 16.6 Å². The maximum atomic E-state index is 11.8. The second-order valence-electron chi connectivity index (χ2n) is 3.20. The SMILES string of the molecule is [CH2]c1cccc(C(=O)NN2NC=C(N)S2)c1. The molecule has 0 saturated carbocycles. The molecule has 83 valence electrons. The first-order valence-electron chi connectivity index (χ1n) is 4.58. The number of hydrazine groups is 2. The van der Waals surface area contributed by atoms with Gasteiger partial charge in [-0.3, -0.25) is 15.6 Å². The van der Waals surface area contributed by atoms with Crippen molar-refractivity contribution in [3.05, 3.63) is 53.5 Å². The second kappa shape index (κ2) is 4.46. The molecule has 0 saturated heterocycles. The molecule has 1 aliphatic rings. The number of rotatable bonds is 2. The van der Waals surface area contributed by atoms with Gasteiger partial charge in [0.25, 0.3) is 5.91 Å². The van der Waals surface area contributed by atoms with Crippen LogP contribution in [-0.4, -0.2) is 10.4 Å². The summed E-state index contributed by atoms with van der Waals surface area (Å²) in [7, 11) is 0. The zero-order chi connectivity index (χ0) is 11.5. The third-order valence-corrected chi connectivity index (χ3v) is 2.62. The molecule has 5 nitrogen and oxygen atoms in total. The minimum atomic E-state index is -0.214. The predicted octanol–water partition coefficient (Wildman–Crippen LogP) is 0.740.